The number of amides is 1. The number of halogens is 1. The molecule has 1 saturated heterocycles. The summed E-state index contributed by atoms with van der Waals surface area (Å²) >= 11 is 6.99. The second-order valence-electron chi connectivity index (χ2n) is 12.5. The van der Waals surface area contributed by atoms with Crippen molar-refractivity contribution >= 4 is 40.6 Å². The topological polar surface area (TPSA) is 165 Å². The van der Waals surface area contributed by atoms with Gasteiger partial charge < -0.3 is 21.4 Å². The smallest absolute Gasteiger partial charge is 0.233 e. The highest BCUT2D eigenvalue weighted by Crippen LogP contribution is 2.52. The number of hydrogen-bond acceptors (Lipinski definition) is 9. The largest absolute Gasteiger partial charge is 0.507 e. The Labute approximate surface area is 238 Å². The van der Waals surface area contributed by atoms with E-state index >= 15 is 0 Å². The number of nitrogens with two attached hydrogens (primary N) is 1. The summed E-state index contributed by atoms with van der Waals surface area (Å²) in [6.45, 7) is 6.07. The summed E-state index contributed by atoms with van der Waals surface area (Å²) < 4.78 is 0. The predicted octanol–water partition coefficient (Wildman–Crippen LogP) is 1.76. The highest BCUT2D eigenvalue weighted by atomic mass is 35.5. The third-order valence-corrected chi connectivity index (χ3v) is 9.85. The van der Waals surface area contributed by atoms with Gasteiger partial charge in [-0.1, -0.05) is 25.4 Å². The lowest BCUT2D eigenvalue weighted by molar-refractivity contribution is -0.157. The lowest BCUT2D eigenvalue weighted by atomic mass is 9.52. The molecule has 3 aliphatic carbocycles. The van der Waals surface area contributed by atoms with Gasteiger partial charge in [-0.15, -0.1) is 0 Å². The zero-order valence-electron chi connectivity index (χ0n) is 23.2. The number of phenolic OH excluding ortho intramolecular Hbond substituents is 1. The van der Waals surface area contributed by atoms with Crippen LogP contribution in [0.5, 0.6) is 5.75 Å². The van der Waals surface area contributed by atoms with Gasteiger partial charge in [-0.25, -0.2) is 0 Å². The van der Waals surface area contributed by atoms with Crippen LogP contribution >= 0.6 is 11.6 Å². The number of ketones is 3. The quantitative estimate of drug-likeness (QED) is 0.387. The molecule has 1 heterocycles. The monoisotopic (exact) mass is 572 g/mol. The molecule has 4 aliphatic rings. The fraction of sp³-hybridized carbons (Fsp3) is 0.621. The minimum Gasteiger partial charge on any atom is -0.507 e. The normalized spacial score (nSPS) is 34.3. The molecule has 5 N–H and O–H groups in total. The molecular weight excluding hydrogens is 536 g/mol. The third-order valence-electron chi connectivity index (χ3n) is 9.41. The van der Waals surface area contributed by atoms with E-state index in [0.29, 0.717) is 16.5 Å². The summed E-state index contributed by atoms with van der Waals surface area (Å²) in [4.78, 5) is 57.2. The number of nitrogens with one attached hydrogen (secondary N) is 1. The lowest BCUT2D eigenvalue weighted by Crippen LogP contribution is -2.73. The van der Waals surface area contributed by atoms with E-state index < -0.39 is 64.3 Å². The van der Waals surface area contributed by atoms with Gasteiger partial charge in [-0.2, -0.15) is 0 Å². The Balaban J connectivity index is 1.59. The number of likely N-dealkylation sites (N-methyl/N-ethyl adjacent to an activating group) is 1. The van der Waals surface area contributed by atoms with Gasteiger partial charge in [0.25, 0.3) is 0 Å². The maximum Gasteiger partial charge on any atom is 0.233 e. The van der Waals surface area contributed by atoms with Crippen LogP contribution in [0, 0.1) is 35.0 Å². The van der Waals surface area contributed by atoms with Gasteiger partial charge in [0.2, 0.25) is 5.91 Å². The number of hydrogen-bond donors (Lipinski definition) is 4. The van der Waals surface area contributed by atoms with E-state index in [-0.39, 0.29) is 30.2 Å². The third kappa shape index (κ3) is 4.06. The Bertz CT molecular complexity index is 1330. The second kappa shape index (κ2) is 10.0. The SMILES string of the molecule is CC(C)CN1CCCC1c1cc(O)c2c(c1Cl)CC1CC3C(N(C)C)C(=O)C(C(N)=O)C(=N)C3(O)C(=O)C1C2=O. The predicted molar refractivity (Wildman–Crippen MR) is 147 cm³/mol. The molecule has 1 aliphatic heterocycles. The van der Waals surface area contributed by atoms with Crippen molar-refractivity contribution in [3.63, 3.8) is 0 Å². The molecule has 5 rings (SSSR count). The summed E-state index contributed by atoms with van der Waals surface area (Å²) in [6.07, 6.45) is 2.13. The average molecular weight is 573 g/mol. The number of carbonyl (C=O) groups is 4. The molecule has 1 aromatic carbocycles. The van der Waals surface area contributed by atoms with Gasteiger partial charge >= 0.3 is 0 Å². The van der Waals surface area contributed by atoms with Crippen molar-refractivity contribution in [3.8, 4) is 5.75 Å². The summed E-state index contributed by atoms with van der Waals surface area (Å²) in [5.41, 5.74) is 3.34. The van der Waals surface area contributed by atoms with Crippen LogP contribution in [0.4, 0.5) is 0 Å². The minimum atomic E-state index is -2.52. The maximum absolute atomic E-state index is 14.0. The van der Waals surface area contributed by atoms with Crippen molar-refractivity contribution in [3.05, 3.63) is 27.8 Å². The molecule has 0 bridgehead atoms. The van der Waals surface area contributed by atoms with Crippen LogP contribution in [-0.2, 0) is 20.8 Å². The standard InChI is InChI=1S/C29H37ClN4O6/c1-12(2)11-34-7-5-6-17(34)14-10-18(35)20-15(22(14)30)8-13-9-16-23(33(3)4)25(37)21(28(32)39)26(31)29(16,40)27(38)19(13)24(20)36/h10,12-13,16-17,19,21,23,31,35,40H,5-9,11H2,1-4H3,(H2,32,39). The van der Waals surface area contributed by atoms with E-state index in [1.54, 1.807) is 14.1 Å². The second-order valence-corrected chi connectivity index (χ2v) is 12.9. The van der Waals surface area contributed by atoms with E-state index in [2.05, 4.69) is 18.7 Å². The van der Waals surface area contributed by atoms with E-state index in [9.17, 15) is 29.4 Å². The first-order valence-electron chi connectivity index (χ1n) is 13.9. The number of nitrogens with zero attached hydrogens (tertiary/aromatic N) is 2. The van der Waals surface area contributed by atoms with Crippen LogP contribution in [0.3, 0.4) is 0 Å². The zero-order valence-corrected chi connectivity index (χ0v) is 24.0. The number of Topliss-reactive ketones (excluding diaryl/α,β-unsaturated/α-hetero) is 3. The summed E-state index contributed by atoms with van der Waals surface area (Å²) in [5.74, 6) is -7.96. The lowest BCUT2D eigenvalue weighted by Gasteiger charge is -2.53. The Morgan fingerprint density at radius 3 is 2.58 bits per heavy atom. The van der Waals surface area contributed by atoms with Crippen molar-refractivity contribution in [1.82, 2.24) is 9.80 Å². The number of aromatic hydroxyl groups is 1. The van der Waals surface area contributed by atoms with E-state index in [1.165, 1.54) is 11.0 Å². The fourth-order valence-corrected chi connectivity index (χ4v) is 8.19. The van der Waals surface area contributed by atoms with Crippen LogP contribution in [0.25, 0.3) is 0 Å². The van der Waals surface area contributed by atoms with Crippen LogP contribution in [-0.4, -0.2) is 87.8 Å². The van der Waals surface area contributed by atoms with E-state index in [0.717, 1.165) is 31.5 Å². The molecule has 216 valence electrons. The molecule has 0 radical (unpaired) electrons. The molecule has 0 aromatic heterocycles. The molecule has 7 unspecified atom stereocenters. The van der Waals surface area contributed by atoms with Gasteiger partial charge in [-0.05, 0) is 75.4 Å². The molecule has 40 heavy (non-hydrogen) atoms. The van der Waals surface area contributed by atoms with Crippen molar-refractivity contribution in [1.29, 1.82) is 5.41 Å². The molecule has 2 saturated carbocycles. The Hall–Kier alpha value is -2.66. The van der Waals surface area contributed by atoms with Gasteiger partial charge in [0.1, 0.15) is 11.7 Å². The van der Waals surface area contributed by atoms with Gasteiger partial charge in [-0.3, -0.25) is 29.0 Å². The number of likely N-dealkylation sites (tertiary alicyclic amines) is 1. The van der Waals surface area contributed by atoms with Crippen LogP contribution < -0.4 is 5.73 Å². The van der Waals surface area contributed by atoms with Crippen molar-refractivity contribution in [2.45, 2.75) is 57.2 Å². The number of carbonyl (C=O) groups excluding carboxylic acids is 4. The Morgan fingerprint density at radius 2 is 1.98 bits per heavy atom. The average Bonchev–Trinajstić information content (AvgIpc) is 3.30. The van der Waals surface area contributed by atoms with Gasteiger partial charge in [0, 0.05) is 23.5 Å². The Kier molecular flexibility index (Phi) is 7.22. The molecule has 0 spiro atoms. The molecule has 11 heteroatoms. The number of primary amides is 1. The zero-order chi connectivity index (χ0) is 29.4. The first-order valence-corrected chi connectivity index (χ1v) is 14.3. The van der Waals surface area contributed by atoms with Crippen molar-refractivity contribution in [2.75, 3.05) is 27.2 Å². The molecule has 10 nitrogen and oxygen atoms in total. The van der Waals surface area contributed by atoms with Crippen LogP contribution in [0.15, 0.2) is 6.07 Å². The highest BCUT2D eigenvalue weighted by Gasteiger charge is 2.67. The van der Waals surface area contributed by atoms with Crippen molar-refractivity contribution < 1.29 is 29.4 Å². The summed E-state index contributed by atoms with van der Waals surface area (Å²) in [5, 5.41) is 31.9. The first-order chi connectivity index (χ1) is 18.7. The highest BCUT2D eigenvalue weighted by molar-refractivity contribution is 6.35. The van der Waals surface area contributed by atoms with Gasteiger partial charge in [0.05, 0.1) is 23.2 Å². The molecule has 3 fully saturated rings. The van der Waals surface area contributed by atoms with Gasteiger partial charge in [0.15, 0.2) is 23.0 Å². The summed E-state index contributed by atoms with van der Waals surface area (Å²) in [6, 6.07) is 0.466. The molecule has 1 aromatic rings. The maximum atomic E-state index is 14.0. The first kappa shape index (κ1) is 28.9. The molecule has 7 atom stereocenters. The van der Waals surface area contributed by atoms with Crippen LogP contribution in [0.1, 0.15) is 60.6 Å². The van der Waals surface area contributed by atoms with E-state index in [4.69, 9.17) is 22.7 Å². The number of benzene rings is 1. The number of fused-ring (bicyclic) bond motifs is 3. The fourth-order valence-electron chi connectivity index (χ4n) is 7.83. The summed E-state index contributed by atoms with van der Waals surface area (Å²) in [7, 11) is 3.19. The minimum absolute atomic E-state index is 0.00250. The number of phenols is 1. The Morgan fingerprint density at radius 1 is 1.30 bits per heavy atom. The van der Waals surface area contributed by atoms with Crippen LogP contribution in [0.2, 0.25) is 5.02 Å². The number of aliphatic hydroxyl groups is 1. The van der Waals surface area contributed by atoms with E-state index in [1.807, 2.05) is 0 Å². The molecule has 1 amide bonds. The van der Waals surface area contributed by atoms with Crippen molar-refractivity contribution in [2.24, 2.45) is 35.3 Å². The molecular formula is C29H37ClN4O6. The number of rotatable bonds is 5.